The zero-order chi connectivity index (χ0) is 43.8. The third-order valence-electron chi connectivity index (χ3n) is 15.1. The van der Waals surface area contributed by atoms with Crippen molar-refractivity contribution < 1.29 is 0 Å². The van der Waals surface area contributed by atoms with Gasteiger partial charge in [0.1, 0.15) is 0 Å². The molecule has 4 aliphatic carbocycles. The van der Waals surface area contributed by atoms with Gasteiger partial charge in [-0.1, -0.05) is 200 Å². The largest absolute Gasteiger partial charge is 0.0726 e. The first kappa shape index (κ1) is 40.3. The summed E-state index contributed by atoms with van der Waals surface area (Å²) in [4.78, 5) is 0. The van der Waals surface area contributed by atoms with Crippen LogP contribution >= 0.6 is 31.9 Å². The van der Waals surface area contributed by atoms with Crippen LogP contribution in [-0.2, 0) is 32.5 Å². The Morgan fingerprint density at radius 3 is 0.726 bits per heavy atom. The van der Waals surface area contributed by atoms with Crippen molar-refractivity contribution in [3.05, 3.63) is 197 Å². The molecule has 310 valence electrons. The molecule has 0 N–H and O–H groups in total. The average molecular weight is 937 g/mol. The molecular formula is C60H56Br2. The second-order valence-corrected chi connectivity index (χ2v) is 24.7. The van der Waals surface area contributed by atoms with Gasteiger partial charge >= 0.3 is 0 Å². The van der Waals surface area contributed by atoms with Crippen LogP contribution in [0.15, 0.2) is 130 Å². The maximum absolute atomic E-state index is 4.02. The summed E-state index contributed by atoms with van der Waals surface area (Å²) >= 11 is 8.04. The first-order valence-electron chi connectivity index (χ1n) is 22.5. The Morgan fingerprint density at radius 1 is 0.258 bits per heavy atom. The van der Waals surface area contributed by atoms with E-state index >= 15 is 0 Å². The molecule has 0 aliphatic heterocycles. The topological polar surface area (TPSA) is 0 Å². The Hall–Kier alpha value is -4.50. The van der Waals surface area contributed by atoms with Crippen LogP contribution in [-0.4, -0.2) is 0 Å². The van der Waals surface area contributed by atoms with Gasteiger partial charge in [0.2, 0.25) is 0 Å². The van der Waals surface area contributed by atoms with Crippen molar-refractivity contribution in [1.82, 2.24) is 0 Å². The molecular weight excluding hydrogens is 880 g/mol. The number of hydrogen-bond donors (Lipinski definition) is 0. The van der Waals surface area contributed by atoms with Crippen molar-refractivity contribution in [3.8, 4) is 44.5 Å². The van der Waals surface area contributed by atoms with Gasteiger partial charge in [-0.2, -0.15) is 0 Å². The minimum absolute atomic E-state index is 0.0131. The van der Waals surface area contributed by atoms with Crippen LogP contribution in [0.3, 0.4) is 0 Å². The summed E-state index contributed by atoms with van der Waals surface area (Å²) in [6.07, 6.45) is 0. The molecule has 4 aliphatic rings. The monoisotopic (exact) mass is 934 g/mol. The molecule has 0 heterocycles. The smallest absolute Gasteiger partial charge is 0.0579 e. The van der Waals surface area contributed by atoms with Crippen LogP contribution < -0.4 is 0 Å². The quantitative estimate of drug-likeness (QED) is 0.142. The van der Waals surface area contributed by atoms with E-state index < -0.39 is 10.8 Å². The minimum atomic E-state index is -0.508. The lowest BCUT2D eigenvalue weighted by Gasteiger charge is -2.34. The summed E-state index contributed by atoms with van der Waals surface area (Å²) in [5.74, 6) is 0. The van der Waals surface area contributed by atoms with E-state index in [-0.39, 0.29) is 21.7 Å². The number of halogens is 2. The highest BCUT2D eigenvalue weighted by Crippen LogP contribution is 2.69. The van der Waals surface area contributed by atoms with Gasteiger partial charge in [0.05, 0.1) is 10.8 Å². The summed E-state index contributed by atoms with van der Waals surface area (Å²) in [6.45, 7) is 28.2. The van der Waals surface area contributed by atoms with Gasteiger partial charge in [-0.25, -0.2) is 0 Å². The fourth-order valence-corrected chi connectivity index (χ4v) is 12.5. The van der Waals surface area contributed by atoms with Gasteiger partial charge in [0.15, 0.2) is 0 Å². The zero-order valence-electron chi connectivity index (χ0n) is 38.3. The van der Waals surface area contributed by atoms with E-state index in [0.717, 1.165) is 8.95 Å². The Morgan fingerprint density at radius 2 is 0.468 bits per heavy atom. The molecule has 0 atom stereocenters. The summed E-state index contributed by atoms with van der Waals surface area (Å²) < 4.78 is 2.22. The van der Waals surface area contributed by atoms with Crippen molar-refractivity contribution in [2.24, 2.45) is 0 Å². The second-order valence-electron chi connectivity index (χ2n) is 22.9. The average Bonchev–Trinajstić information content (AvgIpc) is 3.85. The van der Waals surface area contributed by atoms with Gasteiger partial charge in [-0.05, 0) is 169 Å². The summed E-state index contributed by atoms with van der Waals surface area (Å²) in [7, 11) is 0. The fraction of sp³-hybridized carbons (Fsp3) is 0.300. The van der Waals surface area contributed by atoms with Gasteiger partial charge in [0, 0.05) is 8.95 Å². The lowest BCUT2D eigenvalue weighted by molar-refractivity contribution is 0.586. The van der Waals surface area contributed by atoms with E-state index in [1.165, 1.54) is 111 Å². The van der Waals surface area contributed by atoms with E-state index in [1.807, 2.05) is 0 Å². The fourth-order valence-electron chi connectivity index (χ4n) is 11.8. The first-order chi connectivity index (χ1) is 29.0. The van der Waals surface area contributed by atoms with Crippen LogP contribution in [0.2, 0.25) is 0 Å². The number of hydrogen-bond acceptors (Lipinski definition) is 0. The lowest BCUT2D eigenvalue weighted by Crippen LogP contribution is -2.28. The highest BCUT2D eigenvalue weighted by Gasteiger charge is 2.57. The van der Waals surface area contributed by atoms with Crippen molar-refractivity contribution >= 4 is 31.9 Å². The third-order valence-corrected chi connectivity index (χ3v) is 16.0. The van der Waals surface area contributed by atoms with Crippen LogP contribution in [0.1, 0.15) is 150 Å². The zero-order valence-corrected chi connectivity index (χ0v) is 41.5. The SMILES string of the molecule is CC(C)(C)c1ccc2c(c1)C1(c3cc(Br)ccc3-c3cc4c(cc31)-c1ccc(Br)cc1C41c3cc(C(C)(C)C)ccc3-c3ccc(C(C)(C)C)cc31)c1cc(C(C)(C)C)ccc1-2. The Labute approximate surface area is 386 Å². The third kappa shape index (κ3) is 5.23. The standard InChI is InChI=1S/C60H56Br2/c1-55(2,3)33-13-19-39-40-20-14-34(56(4,5)6)26-48(40)59(47(39)25-33)51-29-37(61)17-23-43(51)45-32-54-46(31-53(45)59)44-24-18-38(62)30-52(44)60(54)49-27-35(57(7,8)9)15-21-41(49)42-22-16-36(28-50(42)60)58(10,11)12/h13-32H,1-12H3. The molecule has 2 heteroatoms. The summed E-state index contributed by atoms with van der Waals surface area (Å²) in [5, 5.41) is 0. The van der Waals surface area contributed by atoms with Crippen molar-refractivity contribution in [2.75, 3.05) is 0 Å². The van der Waals surface area contributed by atoms with E-state index in [1.54, 1.807) is 0 Å². The van der Waals surface area contributed by atoms with Gasteiger partial charge in [-0.15, -0.1) is 0 Å². The minimum Gasteiger partial charge on any atom is -0.0579 e. The Kier molecular flexibility index (Phi) is 8.19. The molecule has 0 unspecified atom stereocenters. The molecule has 0 amide bonds. The molecule has 2 spiro atoms. The molecule has 0 nitrogen and oxygen atoms in total. The van der Waals surface area contributed by atoms with Crippen molar-refractivity contribution in [3.63, 3.8) is 0 Å². The molecule has 7 aromatic rings. The van der Waals surface area contributed by atoms with Crippen molar-refractivity contribution in [1.29, 1.82) is 0 Å². The number of benzene rings is 7. The lowest BCUT2D eigenvalue weighted by atomic mass is 9.67. The maximum atomic E-state index is 4.02. The predicted octanol–water partition coefficient (Wildman–Crippen LogP) is 17.1. The van der Waals surface area contributed by atoms with Crippen LogP contribution in [0.25, 0.3) is 44.5 Å². The molecule has 0 aromatic heterocycles. The van der Waals surface area contributed by atoms with Crippen molar-refractivity contribution in [2.45, 2.75) is 116 Å². The van der Waals surface area contributed by atoms with Crippen LogP contribution in [0, 0.1) is 0 Å². The summed E-state index contributed by atoms with van der Waals surface area (Å²) in [5.41, 5.74) is 26.2. The molecule has 62 heavy (non-hydrogen) atoms. The number of fused-ring (bicyclic) bond motifs is 20. The Balaban J connectivity index is 1.32. The molecule has 0 saturated carbocycles. The van der Waals surface area contributed by atoms with E-state index in [0.29, 0.717) is 0 Å². The first-order valence-corrected chi connectivity index (χ1v) is 24.0. The molecule has 11 rings (SSSR count). The molecule has 0 bridgehead atoms. The maximum Gasteiger partial charge on any atom is 0.0726 e. The Bertz CT molecular complexity index is 2790. The van der Waals surface area contributed by atoms with Crippen LogP contribution in [0.5, 0.6) is 0 Å². The van der Waals surface area contributed by atoms with Gasteiger partial charge in [0.25, 0.3) is 0 Å². The molecule has 0 fully saturated rings. The van der Waals surface area contributed by atoms with E-state index in [2.05, 4.69) is 236 Å². The highest BCUT2D eigenvalue weighted by molar-refractivity contribution is 9.10. The van der Waals surface area contributed by atoms with Crippen LogP contribution in [0.4, 0.5) is 0 Å². The summed E-state index contributed by atoms with van der Waals surface area (Å²) in [6, 6.07) is 49.0. The molecule has 0 saturated heterocycles. The van der Waals surface area contributed by atoms with E-state index in [9.17, 15) is 0 Å². The van der Waals surface area contributed by atoms with E-state index in [4.69, 9.17) is 0 Å². The van der Waals surface area contributed by atoms with Gasteiger partial charge in [-0.3, -0.25) is 0 Å². The number of rotatable bonds is 0. The highest BCUT2D eigenvalue weighted by atomic mass is 79.9. The predicted molar refractivity (Wildman–Crippen MR) is 269 cm³/mol. The van der Waals surface area contributed by atoms with Gasteiger partial charge < -0.3 is 0 Å². The second kappa shape index (κ2) is 12.6. The normalized spacial score (nSPS) is 15.8. The molecule has 7 aromatic carbocycles. The molecule has 0 radical (unpaired) electrons.